The van der Waals surface area contributed by atoms with Gasteiger partial charge in [-0.25, -0.2) is 0 Å². The van der Waals surface area contributed by atoms with Gasteiger partial charge in [0.2, 0.25) is 6.79 Å². The molecule has 0 spiro atoms. The third-order valence-electron chi connectivity index (χ3n) is 6.31. The number of hydrogen-bond donors (Lipinski definition) is 4. The molecule has 4 N–H and O–H groups in total. The number of rotatable bonds is 5. The maximum absolute atomic E-state index is 10.6. The van der Waals surface area contributed by atoms with Crippen molar-refractivity contribution in [2.24, 2.45) is 0 Å². The maximum atomic E-state index is 10.6. The highest BCUT2D eigenvalue weighted by molar-refractivity contribution is 6.33. The van der Waals surface area contributed by atoms with Crippen molar-refractivity contribution in [3.63, 3.8) is 0 Å². The summed E-state index contributed by atoms with van der Waals surface area (Å²) in [6, 6.07) is 10.2. The molecule has 1 saturated carbocycles. The van der Waals surface area contributed by atoms with E-state index in [0.717, 1.165) is 11.1 Å². The molecule has 2 aromatic rings. The van der Waals surface area contributed by atoms with E-state index in [1.54, 1.807) is 6.07 Å². The first-order valence-electron chi connectivity index (χ1n) is 10.5. The summed E-state index contributed by atoms with van der Waals surface area (Å²) in [6.07, 6.45) is -3.36. The van der Waals surface area contributed by atoms with E-state index in [2.05, 4.69) is 24.3 Å². The van der Waals surface area contributed by atoms with Crippen LogP contribution in [0.5, 0.6) is 11.5 Å². The van der Waals surface area contributed by atoms with Crippen LogP contribution in [0.15, 0.2) is 30.3 Å². The predicted octanol–water partition coefficient (Wildman–Crippen LogP) is 2.05. The minimum absolute atomic E-state index is 0.0288. The van der Waals surface area contributed by atoms with Gasteiger partial charge in [0, 0.05) is 5.56 Å². The van der Waals surface area contributed by atoms with Crippen molar-refractivity contribution >= 4 is 11.6 Å². The summed E-state index contributed by atoms with van der Waals surface area (Å²) >= 11 is 6.61. The zero-order valence-corrected chi connectivity index (χ0v) is 17.5. The summed E-state index contributed by atoms with van der Waals surface area (Å²) in [5.41, 5.74) is 3.64. The first-order valence-corrected chi connectivity index (χ1v) is 10.9. The van der Waals surface area contributed by atoms with Crippen LogP contribution in [0.2, 0.25) is 5.02 Å². The Balaban J connectivity index is 1.50. The average Bonchev–Trinajstić information content (AvgIpc) is 3.51. The van der Waals surface area contributed by atoms with Gasteiger partial charge in [-0.3, -0.25) is 0 Å². The standard InChI is InChI=1S/C23H25ClO7/c24-17-14(7-11-1-3-12(4-2-11)13-5-6-13)8-15(22-23(17)30-10-29-22)21-20(28)19(27)18(26)16(9-25)31-21/h1-4,8,13,16,18-21,25-28H,5-7,9-10H2/t16-,18-,19+,20-,21?/m1/s1. The molecule has 2 heterocycles. The van der Waals surface area contributed by atoms with E-state index in [4.69, 9.17) is 25.8 Å². The molecule has 2 aromatic carbocycles. The summed E-state index contributed by atoms with van der Waals surface area (Å²) in [6.45, 7) is -0.534. The van der Waals surface area contributed by atoms with Gasteiger partial charge in [-0.1, -0.05) is 35.9 Å². The van der Waals surface area contributed by atoms with E-state index in [-0.39, 0.29) is 6.79 Å². The highest BCUT2D eigenvalue weighted by Crippen LogP contribution is 2.49. The van der Waals surface area contributed by atoms with Crippen molar-refractivity contribution in [2.45, 2.75) is 55.7 Å². The second-order valence-corrected chi connectivity index (χ2v) is 8.82. The van der Waals surface area contributed by atoms with Crippen molar-refractivity contribution in [1.29, 1.82) is 0 Å². The van der Waals surface area contributed by atoms with Gasteiger partial charge in [0.15, 0.2) is 11.5 Å². The molecule has 5 rings (SSSR count). The van der Waals surface area contributed by atoms with Crippen LogP contribution in [0, 0.1) is 0 Å². The molecule has 2 fully saturated rings. The molecule has 0 radical (unpaired) electrons. The van der Waals surface area contributed by atoms with Crippen LogP contribution in [-0.2, 0) is 11.2 Å². The van der Waals surface area contributed by atoms with Gasteiger partial charge in [-0.2, -0.15) is 0 Å². The summed E-state index contributed by atoms with van der Waals surface area (Å²) in [7, 11) is 0. The predicted molar refractivity (Wildman–Crippen MR) is 112 cm³/mol. The molecule has 0 bridgehead atoms. The fourth-order valence-corrected chi connectivity index (χ4v) is 4.62. The van der Waals surface area contributed by atoms with Crippen molar-refractivity contribution in [1.82, 2.24) is 0 Å². The normalized spacial score (nSPS) is 29.9. The Morgan fingerprint density at radius 1 is 0.935 bits per heavy atom. The third kappa shape index (κ3) is 3.80. The van der Waals surface area contributed by atoms with Crippen molar-refractivity contribution < 1.29 is 34.6 Å². The Labute approximate surface area is 184 Å². The fraction of sp³-hybridized carbons (Fsp3) is 0.478. The van der Waals surface area contributed by atoms with Crippen LogP contribution in [0.25, 0.3) is 0 Å². The van der Waals surface area contributed by atoms with Crippen molar-refractivity contribution in [3.05, 3.63) is 57.6 Å². The van der Waals surface area contributed by atoms with Gasteiger partial charge in [-0.05, 0) is 47.9 Å². The van der Waals surface area contributed by atoms with E-state index >= 15 is 0 Å². The molecule has 2 aliphatic heterocycles. The molecule has 1 unspecified atom stereocenters. The SMILES string of the molecule is OC[C@H]1OC(c2cc(Cc3ccc(C4CC4)cc3)c(Cl)c3c2OCO3)[C@H](O)[C@@H](O)[C@@H]1O. The Hall–Kier alpha value is -1.87. The van der Waals surface area contributed by atoms with E-state index in [0.29, 0.717) is 34.4 Å². The van der Waals surface area contributed by atoms with Crippen LogP contribution in [0.3, 0.4) is 0 Å². The second-order valence-electron chi connectivity index (χ2n) is 8.45. The Kier molecular flexibility index (Phi) is 5.58. The molecule has 166 valence electrons. The third-order valence-corrected chi connectivity index (χ3v) is 6.72. The highest BCUT2D eigenvalue weighted by Gasteiger charge is 2.46. The first kappa shape index (κ1) is 21.0. The highest BCUT2D eigenvalue weighted by atomic mass is 35.5. The molecule has 3 aliphatic rings. The monoisotopic (exact) mass is 448 g/mol. The van der Waals surface area contributed by atoms with E-state index in [1.165, 1.54) is 18.4 Å². The van der Waals surface area contributed by atoms with Crippen molar-refractivity contribution in [3.8, 4) is 11.5 Å². The Morgan fingerprint density at radius 2 is 1.65 bits per heavy atom. The molecule has 31 heavy (non-hydrogen) atoms. The summed E-state index contributed by atoms with van der Waals surface area (Å²) < 4.78 is 16.9. The van der Waals surface area contributed by atoms with Gasteiger partial charge in [-0.15, -0.1) is 0 Å². The molecular weight excluding hydrogens is 424 g/mol. The number of ether oxygens (including phenoxy) is 3. The summed E-state index contributed by atoms with van der Waals surface area (Å²) in [5.74, 6) is 1.38. The quantitative estimate of drug-likeness (QED) is 0.554. The van der Waals surface area contributed by atoms with Crippen LogP contribution >= 0.6 is 11.6 Å². The number of hydrogen-bond acceptors (Lipinski definition) is 7. The second kappa shape index (κ2) is 8.24. The van der Waals surface area contributed by atoms with Crippen LogP contribution in [0.1, 0.15) is 47.1 Å². The summed E-state index contributed by atoms with van der Waals surface area (Å²) in [5, 5.41) is 40.9. The number of aliphatic hydroxyl groups excluding tert-OH is 4. The maximum Gasteiger partial charge on any atom is 0.231 e. The lowest BCUT2D eigenvalue weighted by molar-refractivity contribution is -0.232. The van der Waals surface area contributed by atoms with Gasteiger partial charge < -0.3 is 34.6 Å². The summed E-state index contributed by atoms with van der Waals surface area (Å²) in [4.78, 5) is 0. The molecule has 5 atom stereocenters. The average molecular weight is 449 g/mol. The Morgan fingerprint density at radius 3 is 2.32 bits per heavy atom. The molecule has 1 saturated heterocycles. The number of aliphatic hydroxyl groups is 4. The van der Waals surface area contributed by atoms with E-state index in [9.17, 15) is 20.4 Å². The zero-order chi connectivity index (χ0) is 21.7. The van der Waals surface area contributed by atoms with Crippen LogP contribution < -0.4 is 9.47 Å². The largest absolute Gasteiger partial charge is 0.453 e. The molecule has 7 nitrogen and oxygen atoms in total. The first-order chi connectivity index (χ1) is 15.0. The zero-order valence-electron chi connectivity index (χ0n) is 16.8. The van der Waals surface area contributed by atoms with E-state index in [1.807, 2.05) is 0 Å². The number of benzene rings is 2. The lowest BCUT2D eigenvalue weighted by atomic mass is 9.89. The van der Waals surface area contributed by atoms with Gasteiger partial charge in [0.25, 0.3) is 0 Å². The molecular formula is C23H25ClO7. The topological polar surface area (TPSA) is 109 Å². The fourth-order valence-electron chi connectivity index (χ4n) is 4.36. The minimum Gasteiger partial charge on any atom is -0.453 e. The van der Waals surface area contributed by atoms with Gasteiger partial charge in [0.1, 0.15) is 30.5 Å². The van der Waals surface area contributed by atoms with Gasteiger partial charge in [0.05, 0.1) is 11.6 Å². The van der Waals surface area contributed by atoms with Gasteiger partial charge >= 0.3 is 0 Å². The molecule has 8 heteroatoms. The lowest BCUT2D eigenvalue weighted by Gasteiger charge is -2.40. The van der Waals surface area contributed by atoms with Crippen LogP contribution in [-0.4, -0.2) is 58.2 Å². The molecule has 0 aromatic heterocycles. The lowest BCUT2D eigenvalue weighted by Crippen LogP contribution is -2.55. The Bertz CT molecular complexity index is 957. The van der Waals surface area contributed by atoms with Crippen molar-refractivity contribution in [2.75, 3.05) is 13.4 Å². The number of fused-ring (bicyclic) bond motifs is 1. The molecule has 0 amide bonds. The van der Waals surface area contributed by atoms with E-state index < -0.39 is 37.1 Å². The number of halogens is 1. The minimum atomic E-state index is -1.48. The van der Waals surface area contributed by atoms with Crippen LogP contribution in [0.4, 0.5) is 0 Å². The smallest absolute Gasteiger partial charge is 0.231 e. The molecule has 1 aliphatic carbocycles.